The van der Waals surface area contributed by atoms with Gasteiger partial charge in [-0.15, -0.1) is 0 Å². The Hall–Kier alpha value is -1.90. The number of nitrogens with one attached hydrogen (secondary N) is 2. The van der Waals surface area contributed by atoms with E-state index in [1.165, 1.54) is 10.5 Å². The Morgan fingerprint density at radius 2 is 2.04 bits per heavy atom. The Labute approximate surface area is 135 Å². The third-order valence-corrected chi connectivity index (χ3v) is 5.55. The number of H-pyrrole nitrogens is 1. The molecule has 0 aromatic carbocycles. The second-order valence-corrected chi connectivity index (χ2v) is 7.15. The SMILES string of the molecule is O=S(=O)(c1ccc(NCCc2ccco2)[nH+]c1)N1CCOCC1. The van der Waals surface area contributed by atoms with Crippen molar-refractivity contribution in [2.45, 2.75) is 11.3 Å². The van der Waals surface area contributed by atoms with Crippen LogP contribution in [0.2, 0.25) is 0 Å². The van der Waals surface area contributed by atoms with E-state index in [0.717, 1.165) is 18.0 Å². The quantitative estimate of drug-likeness (QED) is 0.841. The second-order valence-electron chi connectivity index (χ2n) is 5.21. The number of anilines is 1. The number of pyridine rings is 1. The van der Waals surface area contributed by atoms with E-state index in [1.54, 1.807) is 18.4 Å². The maximum absolute atomic E-state index is 12.5. The predicted molar refractivity (Wildman–Crippen MR) is 83.5 cm³/mol. The average molecular weight is 338 g/mol. The van der Waals surface area contributed by atoms with E-state index in [4.69, 9.17) is 9.15 Å². The molecule has 0 spiro atoms. The molecular formula is C15H20N3O4S+. The summed E-state index contributed by atoms with van der Waals surface area (Å²) in [6, 6.07) is 7.11. The highest BCUT2D eigenvalue weighted by atomic mass is 32.2. The van der Waals surface area contributed by atoms with Gasteiger partial charge in [-0.1, -0.05) is 0 Å². The van der Waals surface area contributed by atoms with Crippen LogP contribution >= 0.6 is 0 Å². The molecule has 7 nitrogen and oxygen atoms in total. The number of aromatic nitrogens is 1. The normalized spacial score (nSPS) is 16.3. The fourth-order valence-corrected chi connectivity index (χ4v) is 3.77. The number of hydrogen-bond donors (Lipinski definition) is 1. The molecule has 1 aliphatic heterocycles. The summed E-state index contributed by atoms with van der Waals surface area (Å²) in [7, 11) is -3.46. The van der Waals surface area contributed by atoms with Crippen molar-refractivity contribution in [2.24, 2.45) is 0 Å². The Morgan fingerprint density at radius 1 is 1.22 bits per heavy atom. The van der Waals surface area contributed by atoms with Gasteiger partial charge in [-0.25, -0.2) is 13.4 Å². The lowest BCUT2D eigenvalue weighted by atomic mass is 10.3. The van der Waals surface area contributed by atoms with Crippen molar-refractivity contribution in [3.05, 3.63) is 42.5 Å². The van der Waals surface area contributed by atoms with Gasteiger partial charge >= 0.3 is 0 Å². The number of nitrogens with zero attached hydrogens (tertiary/aromatic N) is 1. The Morgan fingerprint density at radius 3 is 2.70 bits per heavy atom. The molecule has 124 valence electrons. The van der Waals surface area contributed by atoms with Gasteiger partial charge in [-0.2, -0.15) is 4.31 Å². The molecule has 2 aromatic heterocycles. The highest BCUT2D eigenvalue weighted by molar-refractivity contribution is 7.89. The van der Waals surface area contributed by atoms with E-state index in [9.17, 15) is 8.42 Å². The lowest BCUT2D eigenvalue weighted by Crippen LogP contribution is -2.40. The number of sulfonamides is 1. The number of hydrogen-bond acceptors (Lipinski definition) is 5. The maximum atomic E-state index is 12.5. The van der Waals surface area contributed by atoms with Crippen LogP contribution in [0, 0.1) is 0 Å². The third-order valence-electron chi connectivity index (χ3n) is 3.66. The highest BCUT2D eigenvalue weighted by Crippen LogP contribution is 2.16. The average Bonchev–Trinajstić information content (AvgIpc) is 3.10. The Kier molecular flexibility index (Phi) is 4.94. The van der Waals surface area contributed by atoms with E-state index < -0.39 is 10.0 Å². The molecule has 1 fully saturated rings. The van der Waals surface area contributed by atoms with Gasteiger partial charge in [0.25, 0.3) is 5.82 Å². The van der Waals surface area contributed by atoms with Crippen LogP contribution in [0.3, 0.4) is 0 Å². The van der Waals surface area contributed by atoms with E-state index in [-0.39, 0.29) is 4.90 Å². The van der Waals surface area contributed by atoms with E-state index in [0.29, 0.717) is 32.8 Å². The fourth-order valence-electron chi connectivity index (χ4n) is 2.39. The molecule has 0 radical (unpaired) electrons. The zero-order valence-electron chi connectivity index (χ0n) is 12.7. The molecule has 1 saturated heterocycles. The molecular weight excluding hydrogens is 318 g/mol. The van der Waals surface area contributed by atoms with Crippen molar-refractivity contribution in [2.75, 3.05) is 38.2 Å². The maximum Gasteiger partial charge on any atom is 0.272 e. The van der Waals surface area contributed by atoms with Crippen LogP contribution in [-0.2, 0) is 21.2 Å². The Balaban J connectivity index is 1.59. The van der Waals surface area contributed by atoms with Crippen LogP contribution in [0.1, 0.15) is 5.76 Å². The zero-order chi connectivity index (χ0) is 16.1. The van der Waals surface area contributed by atoms with Crippen molar-refractivity contribution < 1.29 is 22.6 Å². The molecule has 8 heteroatoms. The van der Waals surface area contributed by atoms with Crippen LogP contribution in [0.15, 0.2) is 46.0 Å². The molecule has 0 aliphatic carbocycles. The number of aromatic amines is 1. The Bertz CT molecular complexity index is 708. The topological polar surface area (TPSA) is 85.9 Å². The summed E-state index contributed by atoms with van der Waals surface area (Å²) in [6.07, 6.45) is 3.92. The minimum atomic E-state index is -3.46. The summed E-state index contributed by atoms with van der Waals surface area (Å²) in [4.78, 5) is 3.24. The minimum absolute atomic E-state index is 0.260. The second kappa shape index (κ2) is 7.12. The molecule has 3 rings (SSSR count). The van der Waals surface area contributed by atoms with Crippen LogP contribution in [0.4, 0.5) is 5.82 Å². The van der Waals surface area contributed by atoms with E-state index in [1.807, 2.05) is 12.1 Å². The summed E-state index contributed by atoms with van der Waals surface area (Å²) in [5, 5.41) is 3.20. The van der Waals surface area contributed by atoms with Crippen LogP contribution in [-0.4, -0.2) is 45.6 Å². The molecule has 0 bridgehead atoms. The summed E-state index contributed by atoms with van der Waals surface area (Å²) in [5.74, 6) is 1.67. The number of rotatable bonds is 6. The molecule has 0 saturated carbocycles. The standard InChI is InChI=1S/C15H19N3O4S/c19-23(20,18-7-10-21-11-8-18)14-3-4-15(17-12-14)16-6-5-13-2-1-9-22-13/h1-4,9,12H,5-8,10-11H2,(H,16,17)/p+1. The van der Waals surface area contributed by atoms with Gasteiger partial charge in [0.15, 0.2) is 0 Å². The fraction of sp³-hybridized carbons (Fsp3) is 0.400. The van der Waals surface area contributed by atoms with E-state index >= 15 is 0 Å². The lowest BCUT2D eigenvalue weighted by Gasteiger charge is -2.25. The van der Waals surface area contributed by atoms with Gasteiger partial charge in [0, 0.05) is 25.6 Å². The third kappa shape index (κ3) is 3.90. The van der Waals surface area contributed by atoms with Crippen molar-refractivity contribution in [3.63, 3.8) is 0 Å². The van der Waals surface area contributed by atoms with Gasteiger partial charge in [0.1, 0.15) is 16.9 Å². The van der Waals surface area contributed by atoms with Gasteiger partial charge in [0.05, 0.1) is 26.0 Å². The molecule has 23 heavy (non-hydrogen) atoms. The summed E-state index contributed by atoms with van der Waals surface area (Å²) >= 11 is 0. The van der Waals surface area contributed by atoms with Crippen LogP contribution in [0.25, 0.3) is 0 Å². The van der Waals surface area contributed by atoms with Crippen molar-refractivity contribution >= 4 is 15.8 Å². The van der Waals surface area contributed by atoms with Gasteiger partial charge < -0.3 is 9.15 Å². The van der Waals surface area contributed by atoms with Crippen molar-refractivity contribution in [3.8, 4) is 0 Å². The first-order valence-electron chi connectivity index (χ1n) is 7.52. The smallest absolute Gasteiger partial charge is 0.272 e. The van der Waals surface area contributed by atoms with Crippen molar-refractivity contribution in [1.29, 1.82) is 0 Å². The summed E-state index contributed by atoms with van der Waals surface area (Å²) in [5.41, 5.74) is 0. The molecule has 2 N–H and O–H groups in total. The first-order valence-corrected chi connectivity index (χ1v) is 8.96. The molecule has 0 atom stereocenters. The molecule has 0 unspecified atom stereocenters. The summed E-state index contributed by atoms with van der Waals surface area (Å²) < 4.78 is 36.9. The number of ether oxygens (including phenoxy) is 1. The zero-order valence-corrected chi connectivity index (χ0v) is 13.5. The monoisotopic (exact) mass is 338 g/mol. The van der Waals surface area contributed by atoms with E-state index in [2.05, 4.69) is 10.3 Å². The summed E-state index contributed by atoms with van der Waals surface area (Å²) in [6.45, 7) is 2.36. The minimum Gasteiger partial charge on any atom is -0.469 e. The van der Waals surface area contributed by atoms with Crippen LogP contribution < -0.4 is 10.3 Å². The van der Waals surface area contributed by atoms with Gasteiger partial charge in [0.2, 0.25) is 10.0 Å². The first-order chi connectivity index (χ1) is 11.2. The number of morpholine rings is 1. The van der Waals surface area contributed by atoms with Crippen LogP contribution in [0.5, 0.6) is 0 Å². The predicted octanol–water partition coefficient (Wildman–Crippen LogP) is 0.769. The lowest BCUT2D eigenvalue weighted by molar-refractivity contribution is -0.364. The first kappa shape index (κ1) is 16.0. The molecule has 2 aromatic rings. The van der Waals surface area contributed by atoms with Gasteiger partial charge in [-0.05, 0) is 18.2 Å². The number of furan rings is 1. The highest BCUT2D eigenvalue weighted by Gasteiger charge is 2.27. The largest absolute Gasteiger partial charge is 0.469 e. The molecule has 3 heterocycles. The van der Waals surface area contributed by atoms with Crippen molar-refractivity contribution in [1.82, 2.24) is 4.31 Å². The molecule has 1 aliphatic rings. The van der Waals surface area contributed by atoms with Gasteiger partial charge in [-0.3, -0.25) is 5.32 Å². The molecule has 0 amide bonds.